The van der Waals surface area contributed by atoms with Crippen LogP contribution in [0.25, 0.3) is 0 Å². The summed E-state index contributed by atoms with van der Waals surface area (Å²) in [7, 11) is 2.97. The number of likely N-dealkylation sites (tertiary alicyclic amines) is 1. The quantitative estimate of drug-likeness (QED) is 0.827. The summed E-state index contributed by atoms with van der Waals surface area (Å²) in [6.07, 6.45) is 0. The molecule has 0 unspecified atom stereocenters. The molecule has 0 radical (unpaired) electrons. The van der Waals surface area contributed by atoms with E-state index in [1.54, 1.807) is 6.07 Å². The number of hydrogen-bond donors (Lipinski definition) is 1. The van der Waals surface area contributed by atoms with Crippen LogP contribution in [-0.4, -0.2) is 50.8 Å². The van der Waals surface area contributed by atoms with Crippen LogP contribution in [0.5, 0.6) is 5.75 Å². The van der Waals surface area contributed by atoms with Gasteiger partial charge in [-0.25, -0.2) is 4.39 Å². The van der Waals surface area contributed by atoms with Gasteiger partial charge in [0.05, 0.1) is 7.11 Å². The molecule has 2 rings (SSSR count). The first-order valence-electron chi connectivity index (χ1n) is 8.27. The van der Waals surface area contributed by atoms with Gasteiger partial charge in [0.1, 0.15) is 6.61 Å². The van der Waals surface area contributed by atoms with Gasteiger partial charge < -0.3 is 14.8 Å². The summed E-state index contributed by atoms with van der Waals surface area (Å²) in [5.41, 5.74) is 0.902. The van der Waals surface area contributed by atoms with Gasteiger partial charge in [-0.2, -0.15) is 0 Å². The number of benzene rings is 1. The van der Waals surface area contributed by atoms with Crippen molar-refractivity contribution in [2.24, 2.45) is 11.8 Å². The Balaban J connectivity index is 2.01. The summed E-state index contributed by atoms with van der Waals surface area (Å²) in [5.74, 6) is 0.638. The number of rotatable bonds is 7. The van der Waals surface area contributed by atoms with Crippen molar-refractivity contribution in [3.8, 4) is 5.75 Å². The van der Waals surface area contributed by atoms with Gasteiger partial charge in [-0.3, -0.25) is 9.69 Å². The van der Waals surface area contributed by atoms with Crippen LogP contribution in [0.4, 0.5) is 4.39 Å². The molecule has 1 aliphatic rings. The Bertz CT molecular complexity index is 565. The van der Waals surface area contributed by atoms with Crippen molar-refractivity contribution in [2.75, 3.05) is 33.9 Å². The fraction of sp³-hybridized carbons (Fsp3) is 0.611. The first-order chi connectivity index (χ1) is 11.4. The lowest BCUT2D eigenvalue weighted by atomic mass is 9.91. The Labute approximate surface area is 143 Å². The van der Waals surface area contributed by atoms with Crippen LogP contribution in [0, 0.1) is 17.7 Å². The molecule has 1 aromatic rings. The predicted molar refractivity (Wildman–Crippen MR) is 90.4 cm³/mol. The molecule has 1 heterocycles. The molecule has 24 heavy (non-hydrogen) atoms. The van der Waals surface area contributed by atoms with E-state index in [1.807, 2.05) is 6.07 Å². The van der Waals surface area contributed by atoms with Gasteiger partial charge in [0.2, 0.25) is 5.91 Å². The minimum atomic E-state index is -0.348. The van der Waals surface area contributed by atoms with Crippen LogP contribution in [0.15, 0.2) is 18.2 Å². The number of hydrogen-bond acceptors (Lipinski definition) is 4. The highest BCUT2D eigenvalue weighted by Gasteiger charge is 2.35. The molecule has 5 nitrogen and oxygen atoms in total. The molecule has 0 aliphatic carbocycles. The molecule has 1 aromatic carbocycles. The van der Waals surface area contributed by atoms with Gasteiger partial charge in [0.15, 0.2) is 11.6 Å². The molecule has 0 aromatic heterocycles. The fourth-order valence-corrected chi connectivity index (χ4v) is 3.32. The second-order valence-corrected chi connectivity index (χ2v) is 6.68. The minimum absolute atomic E-state index is 0.0744. The van der Waals surface area contributed by atoms with Crippen LogP contribution < -0.4 is 10.1 Å². The molecule has 1 aliphatic heterocycles. The molecule has 134 valence electrons. The van der Waals surface area contributed by atoms with E-state index in [0.717, 1.165) is 18.7 Å². The SMILES string of the molecule is COCC(=O)N[C@H]1CN(Cc2ccc(OC)c(F)c2)C[C@@H]1C(C)C. The normalized spacial score (nSPS) is 21.2. The molecular formula is C18H27FN2O3. The van der Waals surface area contributed by atoms with Crippen molar-refractivity contribution in [1.29, 1.82) is 0 Å². The summed E-state index contributed by atoms with van der Waals surface area (Å²) in [6.45, 7) is 6.69. The first kappa shape index (κ1) is 18.7. The van der Waals surface area contributed by atoms with Gasteiger partial charge in [-0.1, -0.05) is 19.9 Å². The fourth-order valence-electron chi connectivity index (χ4n) is 3.32. The average Bonchev–Trinajstić information content (AvgIpc) is 2.90. The van der Waals surface area contributed by atoms with Gasteiger partial charge in [-0.15, -0.1) is 0 Å². The molecule has 1 amide bonds. The molecule has 0 bridgehead atoms. The van der Waals surface area contributed by atoms with Crippen LogP contribution >= 0.6 is 0 Å². The van der Waals surface area contributed by atoms with E-state index in [4.69, 9.17) is 9.47 Å². The highest BCUT2D eigenvalue weighted by atomic mass is 19.1. The molecule has 1 fully saturated rings. The first-order valence-corrected chi connectivity index (χ1v) is 8.27. The van der Waals surface area contributed by atoms with E-state index >= 15 is 0 Å². The van der Waals surface area contributed by atoms with Gasteiger partial charge in [-0.05, 0) is 29.5 Å². The van der Waals surface area contributed by atoms with Crippen molar-refractivity contribution >= 4 is 5.91 Å². The highest BCUT2D eigenvalue weighted by molar-refractivity contribution is 5.77. The minimum Gasteiger partial charge on any atom is -0.494 e. The summed E-state index contributed by atoms with van der Waals surface area (Å²) in [5, 5.41) is 3.06. The standard InChI is InChI=1S/C18H27FN2O3/c1-12(2)14-9-21(10-16(14)20-18(22)11-23-3)8-13-5-6-17(24-4)15(19)7-13/h5-7,12,14,16H,8-11H2,1-4H3,(H,20,22)/t14-,16+/m1/s1. The summed E-state index contributed by atoms with van der Waals surface area (Å²) in [4.78, 5) is 14.1. The third-order valence-electron chi connectivity index (χ3n) is 4.54. The number of nitrogens with zero attached hydrogens (tertiary/aromatic N) is 1. The molecule has 6 heteroatoms. The van der Waals surface area contributed by atoms with Crippen LogP contribution in [0.1, 0.15) is 19.4 Å². The molecule has 1 saturated heterocycles. The van der Waals surface area contributed by atoms with Crippen LogP contribution in [0.3, 0.4) is 0 Å². The molecule has 0 spiro atoms. The van der Waals surface area contributed by atoms with Gasteiger partial charge in [0, 0.05) is 32.8 Å². The monoisotopic (exact) mass is 338 g/mol. The Morgan fingerprint density at radius 1 is 1.38 bits per heavy atom. The van der Waals surface area contributed by atoms with Crippen molar-refractivity contribution < 1.29 is 18.7 Å². The van der Waals surface area contributed by atoms with Crippen LogP contribution in [-0.2, 0) is 16.1 Å². The molecule has 2 atom stereocenters. The molecular weight excluding hydrogens is 311 g/mol. The number of nitrogens with one attached hydrogen (secondary N) is 1. The highest BCUT2D eigenvalue weighted by Crippen LogP contribution is 2.26. The number of ether oxygens (including phenoxy) is 2. The lowest BCUT2D eigenvalue weighted by Gasteiger charge is -2.22. The van der Waals surface area contributed by atoms with E-state index < -0.39 is 0 Å². The van der Waals surface area contributed by atoms with Crippen molar-refractivity contribution in [2.45, 2.75) is 26.4 Å². The zero-order chi connectivity index (χ0) is 17.7. The molecule has 1 N–H and O–H groups in total. The van der Waals surface area contributed by atoms with Gasteiger partial charge >= 0.3 is 0 Å². The van der Waals surface area contributed by atoms with E-state index in [1.165, 1.54) is 20.3 Å². The van der Waals surface area contributed by atoms with Gasteiger partial charge in [0.25, 0.3) is 0 Å². The summed E-state index contributed by atoms with van der Waals surface area (Å²) in [6, 6.07) is 5.14. The Morgan fingerprint density at radius 2 is 2.12 bits per heavy atom. The zero-order valence-electron chi connectivity index (χ0n) is 14.8. The maximum absolute atomic E-state index is 13.8. The van der Waals surface area contributed by atoms with Crippen LogP contribution in [0.2, 0.25) is 0 Å². The Morgan fingerprint density at radius 3 is 2.71 bits per heavy atom. The lowest BCUT2D eigenvalue weighted by Crippen LogP contribution is -2.43. The third kappa shape index (κ3) is 4.68. The maximum Gasteiger partial charge on any atom is 0.246 e. The second-order valence-electron chi connectivity index (χ2n) is 6.68. The Hall–Kier alpha value is -1.66. The average molecular weight is 338 g/mol. The third-order valence-corrected chi connectivity index (χ3v) is 4.54. The summed E-state index contributed by atoms with van der Waals surface area (Å²) < 4.78 is 23.7. The largest absolute Gasteiger partial charge is 0.494 e. The maximum atomic E-state index is 13.8. The number of methoxy groups -OCH3 is 2. The number of carbonyl (C=O) groups is 1. The van der Waals surface area contributed by atoms with Crippen molar-refractivity contribution in [1.82, 2.24) is 10.2 Å². The predicted octanol–water partition coefficient (Wildman–Crippen LogP) is 2.05. The van der Waals surface area contributed by atoms with Crippen molar-refractivity contribution in [3.05, 3.63) is 29.6 Å². The second kappa shape index (κ2) is 8.44. The van der Waals surface area contributed by atoms with E-state index in [0.29, 0.717) is 18.4 Å². The van der Waals surface area contributed by atoms with E-state index in [2.05, 4.69) is 24.1 Å². The number of carbonyl (C=O) groups excluding carboxylic acids is 1. The topological polar surface area (TPSA) is 50.8 Å². The smallest absolute Gasteiger partial charge is 0.246 e. The lowest BCUT2D eigenvalue weighted by molar-refractivity contribution is -0.125. The summed E-state index contributed by atoms with van der Waals surface area (Å²) >= 11 is 0. The molecule has 0 saturated carbocycles. The van der Waals surface area contributed by atoms with E-state index in [-0.39, 0.29) is 30.1 Å². The number of halogens is 1. The number of amides is 1. The zero-order valence-corrected chi connectivity index (χ0v) is 14.8. The van der Waals surface area contributed by atoms with E-state index in [9.17, 15) is 9.18 Å². The Kier molecular flexibility index (Phi) is 6.57. The van der Waals surface area contributed by atoms with Crippen molar-refractivity contribution in [3.63, 3.8) is 0 Å².